The van der Waals surface area contributed by atoms with Crippen LogP contribution >= 0.6 is 23.4 Å². The Morgan fingerprint density at radius 1 is 1.18 bits per heavy atom. The third-order valence-corrected chi connectivity index (χ3v) is 5.04. The predicted octanol–water partition coefficient (Wildman–Crippen LogP) is 3.57. The predicted molar refractivity (Wildman–Crippen MR) is 110 cm³/mol. The molecule has 0 radical (unpaired) electrons. The lowest BCUT2D eigenvalue weighted by Gasteiger charge is -2.12. The van der Waals surface area contributed by atoms with Gasteiger partial charge < -0.3 is 10.1 Å². The second-order valence-electron chi connectivity index (χ2n) is 5.75. The molecule has 2 aromatic carbocycles. The van der Waals surface area contributed by atoms with E-state index in [0.717, 1.165) is 16.9 Å². The number of hydrogen-bond donors (Lipinski definition) is 1. The number of amides is 1. The van der Waals surface area contributed by atoms with E-state index in [9.17, 15) is 9.59 Å². The Labute approximate surface area is 171 Å². The summed E-state index contributed by atoms with van der Waals surface area (Å²) in [6, 6.07) is 17.3. The van der Waals surface area contributed by atoms with Gasteiger partial charge in [0.05, 0.1) is 24.8 Å². The van der Waals surface area contributed by atoms with Crippen molar-refractivity contribution in [1.82, 2.24) is 14.9 Å². The zero-order valence-electron chi connectivity index (χ0n) is 15.1. The number of carbonyl (C=O) groups is 2. The fourth-order valence-corrected chi connectivity index (χ4v) is 3.54. The van der Waals surface area contributed by atoms with Gasteiger partial charge in [0, 0.05) is 16.3 Å². The Hall–Kier alpha value is -2.77. The molecule has 3 aromatic rings. The minimum absolute atomic E-state index is 0.114. The van der Waals surface area contributed by atoms with E-state index in [1.165, 1.54) is 18.9 Å². The van der Waals surface area contributed by atoms with E-state index >= 15 is 0 Å². The first-order valence-electron chi connectivity index (χ1n) is 8.44. The molecule has 8 heteroatoms. The molecule has 0 unspecified atom stereocenters. The molecule has 0 atom stereocenters. The molecule has 0 spiro atoms. The molecule has 1 N–H and O–H groups in total. The maximum Gasteiger partial charge on any atom is 0.325 e. The Morgan fingerprint density at radius 2 is 1.96 bits per heavy atom. The first kappa shape index (κ1) is 20.0. The van der Waals surface area contributed by atoms with Crippen molar-refractivity contribution in [1.29, 1.82) is 0 Å². The van der Waals surface area contributed by atoms with Gasteiger partial charge in [-0.05, 0) is 18.2 Å². The number of thioether (sulfide) groups is 1. The van der Waals surface area contributed by atoms with Crippen LogP contribution in [0.4, 0.5) is 0 Å². The SMILES string of the molecule is COC(=O)CNC(=O)CSc1ncc(-c2ccccc2)n1-c1cccc(Cl)c1. The molecule has 0 saturated carbocycles. The molecule has 0 saturated heterocycles. The molecule has 0 fully saturated rings. The van der Waals surface area contributed by atoms with Gasteiger partial charge >= 0.3 is 5.97 Å². The normalized spacial score (nSPS) is 10.5. The Morgan fingerprint density at radius 3 is 2.68 bits per heavy atom. The lowest BCUT2D eigenvalue weighted by molar-refractivity contribution is -0.140. The largest absolute Gasteiger partial charge is 0.468 e. The molecule has 0 bridgehead atoms. The van der Waals surface area contributed by atoms with Crippen LogP contribution in [0.2, 0.25) is 5.02 Å². The van der Waals surface area contributed by atoms with Crippen molar-refractivity contribution >= 4 is 35.2 Å². The average molecular weight is 416 g/mol. The highest BCUT2D eigenvalue weighted by atomic mass is 35.5. The summed E-state index contributed by atoms with van der Waals surface area (Å²) in [5.41, 5.74) is 2.73. The number of imidazole rings is 1. The second kappa shape index (κ2) is 9.43. The van der Waals surface area contributed by atoms with Crippen LogP contribution in [0.15, 0.2) is 66.0 Å². The van der Waals surface area contributed by atoms with Crippen molar-refractivity contribution in [2.75, 3.05) is 19.4 Å². The van der Waals surface area contributed by atoms with Crippen LogP contribution in [0.3, 0.4) is 0 Å². The number of hydrogen-bond acceptors (Lipinski definition) is 5. The number of halogens is 1. The van der Waals surface area contributed by atoms with Crippen LogP contribution in [0.1, 0.15) is 0 Å². The maximum absolute atomic E-state index is 12.0. The van der Waals surface area contributed by atoms with E-state index < -0.39 is 5.97 Å². The van der Waals surface area contributed by atoms with Gasteiger partial charge in [-0.1, -0.05) is 59.8 Å². The van der Waals surface area contributed by atoms with Crippen molar-refractivity contribution in [3.63, 3.8) is 0 Å². The number of nitrogens with one attached hydrogen (secondary N) is 1. The second-order valence-corrected chi connectivity index (χ2v) is 7.13. The smallest absolute Gasteiger partial charge is 0.325 e. The van der Waals surface area contributed by atoms with Gasteiger partial charge in [-0.3, -0.25) is 14.2 Å². The number of nitrogens with zero attached hydrogens (tertiary/aromatic N) is 2. The molecule has 1 heterocycles. The molecule has 0 aliphatic rings. The number of benzene rings is 2. The first-order valence-corrected chi connectivity index (χ1v) is 9.80. The van der Waals surface area contributed by atoms with Gasteiger partial charge in [0.25, 0.3) is 0 Å². The van der Waals surface area contributed by atoms with Crippen LogP contribution in [-0.2, 0) is 14.3 Å². The maximum atomic E-state index is 12.0. The van der Waals surface area contributed by atoms with Crippen molar-refractivity contribution < 1.29 is 14.3 Å². The fourth-order valence-electron chi connectivity index (χ4n) is 2.54. The summed E-state index contributed by atoms with van der Waals surface area (Å²) in [5, 5.41) is 3.77. The Bertz CT molecular complexity index is 976. The Balaban J connectivity index is 1.86. The van der Waals surface area contributed by atoms with Crippen molar-refractivity contribution in [2.24, 2.45) is 0 Å². The lowest BCUT2D eigenvalue weighted by atomic mass is 10.1. The summed E-state index contributed by atoms with van der Waals surface area (Å²) in [6.45, 7) is -0.159. The number of esters is 1. The van der Waals surface area contributed by atoms with Gasteiger partial charge in [0.1, 0.15) is 6.54 Å². The zero-order valence-corrected chi connectivity index (χ0v) is 16.7. The quantitative estimate of drug-likeness (QED) is 0.471. The highest BCUT2D eigenvalue weighted by Gasteiger charge is 2.16. The molecule has 1 aromatic heterocycles. The zero-order chi connectivity index (χ0) is 19.9. The van der Waals surface area contributed by atoms with E-state index in [4.69, 9.17) is 11.6 Å². The summed E-state index contributed by atoms with van der Waals surface area (Å²) >= 11 is 7.45. The molecular weight excluding hydrogens is 398 g/mol. The van der Waals surface area contributed by atoms with E-state index in [2.05, 4.69) is 15.0 Å². The monoisotopic (exact) mass is 415 g/mol. The van der Waals surface area contributed by atoms with Crippen LogP contribution in [0.5, 0.6) is 0 Å². The van der Waals surface area contributed by atoms with Gasteiger partial charge in [-0.25, -0.2) is 4.98 Å². The standard InChI is InChI=1S/C20H18ClN3O3S/c1-27-19(26)12-22-18(25)13-28-20-23-11-17(14-6-3-2-4-7-14)24(20)16-9-5-8-15(21)10-16/h2-11H,12-13H2,1H3,(H,22,25). The van der Waals surface area contributed by atoms with Gasteiger partial charge in [0.2, 0.25) is 5.91 Å². The average Bonchev–Trinajstić information content (AvgIpc) is 3.15. The number of methoxy groups -OCH3 is 1. The molecule has 0 aliphatic heterocycles. The van der Waals surface area contributed by atoms with E-state index in [1.54, 1.807) is 12.3 Å². The van der Waals surface area contributed by atoms with Gasteiger partial charge in [0.15, 0.2) is 5.16 Å². The third kappa shape index (κ3) is 4.94. The molecule has 0 aliphatic carbocycles. The van der Waals surface area contributed by atoms with Gasteiger partial charge in [-0.2, -0.15) is 0 Å². The minimum Gasteiger partial charge on any atom is -0.468 e. The minimum atomic E-state index is -0.495. The molecule has 3 rings (SSSR count). The molecular formula is C20H18ClN3O3S. The van der Waals surface area contributed by atoms with E-state index in [-0.39, 0.29) is 18.2 Å². The molecule has 28 heavy (non-hydrogen) atoms. The van der Waals surface area contributed by atoms with Crippen LogP contribution in [0.25, 0.3) is 16.9 Å². The number of aromatic nitrogens is 2. The van der Waals surface area contributed by atoms with E-state index in [0.29, 0.717) is 10.2 Å². The van der Waals surface area contributed by atoms with Gasteiger partial charge in [-0.15, -0.1) is 0 Å². The van der Waals surface area contributed by atoms with Crippen molar-refractivity contribution in [3.05, 3.63) is 65.8 Å². The molecule has 6 nitrogen and oxygen atoms in total. The first-order chi connectivity index (χ1) is 13.6. The van der Waals surface area contributed by atoms with Crippen LogP contribution < -0.4 is 5.32 Å². The molecule has 1 amide bonds. The summed E-state index contributed by atoms with van der Waals surface area (Å²) in [5.74, 6) is -0.662. The number of ether oxygens (including phenoxy) is 1. The Kier molecular flexibility index (Phi) is 6.73. The number of rotatable bonds is 7. The third-order valence-electron chi connectivity index (χ3n) is 3.86. The summed E-state index contributed by atoms with van der Waals surface area (Å²) in [6.07, 6.45) is 1.77. The van der Waals surface area contributed by atoms with Crippen LogP contribution in [0, 0.1) is 0 Å². The van der Waals surface area contributed by atoms with E-state index in [1.807, 2.05) is 53.1 Å². The fraction of sp³-hybridized carbons (Fsp3) is 0.150. The van der Waals surface area contributed by atoms with Crippen molar-refractivity contribution in [2.45, 2.75) is 5.16 Å². The number of carbonyl (C=O) groups excluding carboxylic acids is 2. The highest BCUT2D eigenvalue weighted by Crippen LogP contribution is 2.30. The lowest BCUT2D eigenvalue weighted by Crippen LogP contribution is -2.31. The highest BCUT2D eigenvalue weighted by molar-refractivity contribution is 7.99. The summed E-state index contributed by atoms with van der Waals surface area (Å²) in [4.78, 5) is 27.7. The van der Waals surface area contributed by atoms with Crippen LogP contribution in [-0.4, -0.2) is 40.8 Å². The molecule has 144 valence electrons. The summed E-state index contributed by atoms with van der Waals surface area (Å²) < 4.78 is 6.47. The summed E-state index contributed by atoms with van der Waals surface area (Å²) in [7, 11) is 1.27. The van der Waals surface area contributed by atoms with Crippen molar-refractivity contribution in [3.8, 4) is 16.9 Å². The topological polar surface area (TPSA) is 73.2 Å².